The molecule has 0 radical (unpaired) electrons. The fraction of sp³-hybridized carbons (Fsp3) is 0.133. The highest BCUT2D eigenvalue weighted by atomic mass is 127. The summed E-state index contributed by atoms with van der Waals surface area (Å²) in [6, 6.07) is 34.2. The van der Waals surface area contributed by atoms with Gasteiger partial charge in [-0.15, -0.1) is 0 Å². The van der Waals surface area contributed by atoms with Crippen LogP contribution < -0.4 is 0 Å². The van der Waals surface area contributed by atoms with Crippen LogP contribution in [0.1, 0.15) is 48.9 Å². The number of rotatable bonds is 4. The van der Waals surface area contributed by atoms with E-state index in [9.17, 15) is 9.59 Å². The van der Waals surface area contributed by atoms with Gasteiger partial charge in [0.25, 0.3) is 0 Å². The van der Waals surface area contributed by atoms with Crippen molar-refractivity contribution in [3.8, 4) is 0 Å². The fourth-order valence-electron chi connectivity index (χ4n) is 5.37. The standard InChI is InChI=1S/C30H21IO4/c31-30-23-17-9-7-15-21(23)25(22-16-8-10-18-24(22)30)26(34-28(32)19-11-3-1-4-12-19)27(30)35-29(33)20-13-5-2-6-14-20/h1-18,25-27H/t25-,26?,27?,30-. The van der Waals surface area contributed by atoms with Gasteiger partial charge in [0.05, 0.1) is 17.0 Å². The zero-order chi connectivity index (χ0) is 24.0. The van der Waals surface area contributed by atoms with E-state index in [4.69, 9.17) is 9.47 Å². The van der Waals surface area contributed by atoms with Crippen LogP contribution in [-0.2, 0) is 12.9 Å². The third-order valence-corrected chi connectivity index (χ3v) is 8.67. The summed E-state index contributed by atoms with van der Waals surface area (Å²) < 4.78 is 11.8. The number of halogens is 1. The van der Waals surface area contributed by atoms with Crippen molar-refractivity contribution in [1.82, 2.24) is 0 Å². The first kappa shape index (κ1) is 22.0. The van der Waals surface area contributed by atoms with Crippen LogP contribution in [0.3, 0.4) is 0 Å². The average molecular weight is 572 g/mol. The Labute approximate surface area is 217 Å². The second kappa shape index (κ2) is 8.64. The van der Waals surface area contributed by atoms with E-state index in [0.29, 0.717) is 11.1 Å². The van der Waals surface area contributed by atoms with Crippen LogP contribution in [0.4, 0.5) is 0 Å². The van der Waals surface area contributed by atoms with Gasteiger partial charge in [-0.05, 0) is 46.5 Å². The highest BCUT2D eigenvalue weighted by molar-refractivity contribution is 14.1. The number of carbonyl (C=O) groups is 2. The summed E-state index contributed by atoms with van der Waals surface area (Å²) in [5.74, 6) is -1.12. The number of hydrogen-bond donors (Lipinski definition) is 0. The third kappa shape index (κ3) is 3.48. The summed E-state index contributed by atoms with van der Waals surface area (Å²) in [5, 5.41) is 0. The van der Waals surface area contributed by atoms with Crippen molar-refractivity contribution >= 4 is 34.5 Å². The first-order valence-electron chi connectivity index (χ1n) is 11.5. The van der Waals surface area contributed by atoms with Crippen molar-refractivity contribution in [3.05, 3.63) is 143 Å². The molecule has 172 valence electrons. The summed E-state index contributed by atoms with van der Waals surface area (Å²) in [7, 11) is 0. The molecular weight excluding hydrogens is 551 g/mol. The Bertz CT molecular complexity index is 1370. The molecule has 2 unspecified atom stereocenters. The monoisotopic (exact) mass is 572 g/mol. The molecule has 0 aliphatic heterocycles. The summed E-state index contributed by atoms with van der Waals surface area (Å²) in [6.07, 6.45) is -1.39. The van der Waals surface area contributed by atoms with Crippen molar-refractivity contribution in [2.24, 2.45) is 0 Å². The van der Waals surface area contributed by atoms with Gasteiger partial charge in [-0.1, -0.05) is 108 Å². The molecular formula is C30H21IO4. The van der Waals surface area contributed by atoms with Gasteiger partial charge in [-0.25, -0.2) is 9.59 Å². The zero-order valence-corrected chi connectivity index (χ0v) is 20.8. The highest BCUT2D eigenvalue weighted by Crippen LogP contribution is 2.61. The van der Waals surface area contributed by atoms with E-state index in [2.05, 4.69) is 46.9 Å². The molecule has 0 aromatic heterocycles. The maximum Gasteiger partial charge on any atom is 0.338 e. The van der Waals surface area contributed by atoms with Crippen molar-refractivity contribution < 1.29 is 19.1 Å². The minimum atomic E-state index is -0.716. The Hall–Kier alpha value is -3.45. The first-order valence-corrected chi connectivity index (χ1v) is 12.6. The number of ether oxygens (including phenoxy) is 2. The minimum Gasteiger partial charge on any atom is -0.454 e. The SMILES string of the molecule is O=C(OC1C(OC(=O)c2ccccc2)[C@]2(I)c3ccccc3[C@H]1c1ccccc12)c1ccccc1. The van der Waals surface area contributed by atoms with Crippen LogP contribution in [0.2, 0.25) is 0 Å². The van der Waals surface area contributed by atoms with Crippen molar-refractivity contribution in [1.29, 1.82) is 0 Å². The Morgan fingerprint density at radius 2 is 1.03 bits per heavy atom. The summed E-state index contributed by atoms with van der Waals surface area (Å²) in [6.45, 7) is 0. The van der Waals surface area contributed by atoms with E-state index in [-0.39, 0.29) is 5.92 Å². The Morgan fingerprint density at radius 3 is 1.54 bits per heavy atom. The van der Waals surface area contributed by atoms with Crippen LogP contribution >= 0.6 is 22.6 Å². The second-order valence-corrected chi connectivity index (χ2v) is 10.5. The minimum absolute atomic E-state index is 0.250. The van der Waals surface area contributed by atoms with Gasteiger partial charge in [0.2, 0.25) is 0 Å². The molecule has 0 N–H and O–H groups in total. The van der Waals surface area contributed by atoms with Gasteiger partial charge in [0.1, 0.15) is 3.42 Å². The largest absolute Gasteiger partial charge is 0.454 e. The fourth-order valence-corrected chi connectivity index (χ4v) is 6.84. The molecule has 0 fully saturated rings. The molecule has 0 saturated heterocycles. The molecule has 2 bridgehead atoms. The van der Waals surface area contributed by atoms with Gasteiger partial charge >= 0.3 is 11.9 Å². The van der Waals surface area contributed by atoms with E-state index in [1.165, 1.54) is 0 Å². The second-order valence-electron chi connectivity index (χ2n) is 8.79. The topological polar surface area (TPSA) is 52.6 Å². The molecule has 4 aromatic carbocycles. The molecule has 4 nitrogen and oxygen atoms in total. The predicted octanol–water partition coefficient (Wildman–Crippen LogP) is 6.28. The molecule has 4 aromatic rings. The maximum absolute atomic E-state index is 13.3. The summed E-state index contributed by atoms with van der Waals surface area (Å²) >= 11 is 2.40. The number of carbonyl (C=O) groups excluding carboxylic acids is 2. The maximum atomic E-state index is 13.3. The number of alkyl halides is 1. The van der Waals surface area contributed by atoms with Crippen LogP contribution in [-0.4, -0.2) is 24.1 Å². The molecule has 0 spiro atoms. The third-order valence-electron chi connectivity index (χ3n) is 6.89. The highest BCUT2D eigenvalue weighted by Gasteiger charge is 2.61. The molecule has 2 atom stereocenters. The van der Waals surface area contributed by atoms with E-state index in [1.54, 1.807) is 48.5 Å². The molecule has 35 heavy (non-hydrogen) atoms. The van der Waals surface area contributed by atoms with Gasteiger partial charge in [-0.2, -0.15) is 0 Å². The van der Waals surface area contributed by atoms with Crippen molar-refractivity contribution in [2.45, 2.75) is 21.5 Å². The van der Waals surface area contributed by atoms with Gasteiger partial charge in [0, 0.05) is 0 Å². The first-order chi connectivity index (χ1) is 17.1. The number of esters is 2. The van der Waals surface area contributed by atoms with Crippen LogP contribution in [0.5, 0.6) is 0 Å². The Morgan fingerprint density at radius 1 is 0.600 bits per heavy atom. The average Bonchev–Trinajstić information content (AvgIpc) is 2.91. The lowest BCUT2D eigenvalue weighted by atomic mass is 9.61. The van der Waals surface area contributed by atoms with E-state index >= 15 is 0 Å². The predicted molar refractivity (Wildman–Crippen MR) is 141 cm³/mol. The molecule has 0 amide bonds. The van der Waals surface area contributed by atoms with Crippen molar-refractivity contribution in [3.63, 3.8) is 0 Å². The van der Waals surface area contributed by atoms with Gasteiger partial charge in [0.15, 0.2) is 12.2 Å². The summed E-state index contributed by atoms with van der Waals surface area (Å²) in [4.78, 5) is 26.5. The van der Waals surface area contributed by atoms with Gasteiger partial charge in [-0.3, -0.25) is 0 Å². The number of hydrogen-bond acceptors (Lipinski definition) is 4. The van der Waals surface area contributed by atoms with E-state index < -0.39 is 27.6 Å². The molecule has 3 aliphatic carbocycles. The van der Waals surface area contributed by atoms with Crippen LogP contribution in [0.25, 0.3) is 0 Å². The molecule has 5 heteroatoms. The lowest BCUT2D eigenvalue weighted by Crippen LogP contribution is -2.58. The van der Waals surface area contributed by atoms with E-state index in [1.807, 2.05) is 36.4 Å². The molecule has 0 heterocycles. The Balaban J connectivity index is 1.50. The lowest BCUT2D eigenvalue weighted by molar-refractivity contribution is -0.0584. The Kier molecular flexibility index (Phi) is 5.44. The normalized spacial score (nSPS) is 23.6. The number of benzene rings is 4. The quantitative estimate of drug-likeness (QED) is 0.164. The van der Waals surface area contributed by atoms with Crippen molar-refractivity contribution in [2.75, 3.05) is 0 Å². The zero-order valence-electron chi connectivity index (χ0n) is 18.6. The summed E-state index contributed by atoms with van der Waals surface area (Å²) in [5.41, 5.74) is 5.29. The smallest absolute Gasteiger partial charge is 0.338 e. The van der Waals surface area contributed by atoms with Gasteiger partial charge < -0.3 is 9.47 Å². The molecule has 7 rings (SSSR count). The molecule has 0 saturated carbocycles. The van der Waals surface area contributed by atoms with Crippen LogP contribution in [0.15, 0.2) is 109 Å². The van der Waals surface area contributed by atoms with Crippen LogP contribution in [0, 0.1) is 0 Å². The lowest BCUT2D eigenvalue weighted by Gasteiger charge is -2.53. The van der Waals surface area contributed by atoms with E-state index in [0.717, 1.165) is 22.3 Å². The molecule has 3 aliphatic rings. The number of fused-ring (bicyclic) bond motifs is 1.